The van der Waals surface area contributed by atoms with Crippen LogP contribution in [0.25, 0.3) is 0 Å². The third-order valence-electron chi connectivity index (χ3n) is 3.72. The second-order valence-corrected chi connectivity index (χ2v) is 5.39. The number of nitrogens with one attached hydrogen (secondary N) is 2. The van der Waals surface area contributed by atoms with Gasteiger partial charge in [-0.05, 0) is 58.4 Å². The van der Waals surface area contributed by atoms with Crippen LogP contribution in [0.4, 0.5) is 0 Å². The number of hydrogen-bond acceptors (Lipinski definition) is 3. The van der Waals surface area contributed by atoms with Gasteiger partial charge in [-0.25, -0.2) is 0 Å². The molecule has 2 N–H and O–H groups in total. The van der Waals surface area contributed by atoms with Crippen molar-refractivity contribution in [1.29, 1.82) is 0 Å². The van der Waals surface area contributed by atoms with Crippen LogP contribution in [0.1, 0.15) is 52.9 Å². The first-order valence-electron chi connectivity index (χ1n) is 8.43. The monoisotopic (exact) mass is 271 g/mol. The lowest BCUT2D eigenvalue weighted by Gasteiger charge is -2.21. The molecule has 2 aliphatic heterocycles. The van der Waals surface area contributed by atoms with Crippen LogP contribution in [-0.2, 0) is 0 Å². The first-order chi connectivity index (χ1) is 9.33. The molecule has 0 spiro atoms. The topological polar surface area (TPSA) is 27.3 Å². The van der Waals surface area contributed by atoms with E-state index in [1.807, 2.05) is 13.8 Å². The van der Waals surface area contributed by atoms with E-state index < -0.39 is 0 Å². The fraction of sp³-hybridized carbons (Fsp3) is 1.00. The van der Waals surface area contributed by atoms with Gasteiger partial charge in [0.05, 0.1) is 0 Å². The Bertz CT molecular complexity index is 157. The number of piperidine rings is 1. The quantitative estimate of drug-likeness (QED) is 0.809. The average Bonchev–Trinajstić information content (AvgIpc) is 2.71. The summed E-state index contributed by atoms with van der Waals surface area (Å²) in [5, 5.41) is 6.71. The molecule has 3 heteroatoms. The van der Waals surface area contributed by atoms with Crippen molar-refractivity contribution in [2.75, 3.05) is 46.3 Å². The van der Waals surface area contributed by atoms with Crippen LogP contribution in [0.5, 0.6) is 0 Å². The van der Waals surface area contributed by atoms with E-state index in [1.54, 1.807) is 0 Å². The Morgan fingerprint density at radius 3 is 2.21 bits per heavy atom. The molecule has 0 aromatic carbocycles. The van der Waals surface area contributed by atoms with Crippen LogP contribution in [0.3, 0.4) is 0 Å². The van der Waals surface area contributed by atoms with Crippen LogP contribution in [0.15, 0.2) is 0 Å². The predicted octanol–water partition coefficient (Wildman–Crippen LogP) is 2.72. The SMILES string of the molecule is CC.CCCC1CCNCC1.CN1CCCNCC1. The summed E-state index contributed by atoms with van der Waals surface area (Å²) in [6.45, 7) is 13.6. The summed E-state index contributed by atoms with van der Waals surface area (Å²) in [6.07, 6.45) is 6.94. The van der Waals surface area contributed by atoms with Crippen molar-refractivity contribution in [2.24, 2.45) is 5.92 Å². The van der Waals surface area contributed by atoms with Crippen molar-refractivity contribution >= 4 is 0 Å². The molecular weight excluding hydrogens is 234 g/mol. The highest BCUT2D eigenvalue weighted by atomic mass is 15.1. The Hall–Kier alpha value is -0.120. The molecule has 2 heterocycles. The number of nitrogens with zero attached hydrogens (tertiary/aromatic N) is 1. The van der Waals surface area contributed by atoms with Crippen molar-refractivity contribution < 1.29 is 0 Å². The molecule has 2 fully saturated rings. The molecule has 19 heavy (non-hydrogen) atoms. The molecule has 2 rings (SSSR count). The van der Waals surface area contributed by atoms with Crippen molar-refractivity contribution in [3.63, 3.8) is 0 Å². The Morgan fingerprint density at radius 1 is 0.947 bits per heavy atom. The van der Waals surface area contributed by atoms with Crippen LogP contribution < -0.4 is 10.6 Å². The lowest BCUT2D eigenvalue weighted by atomic mass is 9.94. The summed E-state index contributed by atoms with van der Waals surface area (Å²) in [5.41, 5.74) is 0. The zero-order chi connectivity index (χ0) is 14.3. The summed E-state index contributed by atoms with van der Waals surface area (Å²) in [7, 11) is 2.17. The van der Waals surface area contributed by atoms with Crippen LogP contribution in [0.2, 0.25) is 0 Å². The fourth-order valence-corrected chi connectivity index (χ4v) is 2.56. The first-order valence-corrected chi connectivity index (χ1v) is 8.43. The number of likely N-dealkylation sites (N-methyl/N-ethyl adjacent to an activating group) is 1. The van der Waals surface area contributed by atoms with Crippen molar-refractivity contribution in [1.82, 2.24) is 15.5 Å². The molecule has 0 atom stereocenters. The fourth-order valence-electron chi connectivity index (χ4n) is 2.56. The van der Waals surface area contributed by atoms with Crippen molar-refractivity contribution in [3.05, 3.63) is 0 Å². The van der Waals surface area contributed by atoms with Crippen molar-refractivity contribution in [3.8, 4) is 0 Å². The summed E-state index contributed by atoms with van der Waals surface area (Å²) < 4.78 is 0. The Balaban J connectivity index is 0.000000303. The predicted molar refractivity (Wildman–Crippen MR) is 86.8 cm³/mol. The maximum Gasteiger partial charge on any atom is 0.0104 e. The lowest BCUT2D eigenvalue weighted by molar-refractivity contribution is 0.351. The van der Waals surface area contributed by atoms with Crippen LogP contribution in [-0.4, -0.2) is 51.2 Å². The molecule has 0 unspecified atom stereocenters. The minimum Gasteiger partial charge on any atom is -0.317 e. The zero-order valence-electron chi connectivity index (χ0n) is 13.8. The Kier molecular flexibility index (Phi) is 14.2. The van der Waals surface area contributed by atoms with E-state index in [2.05, 4.69) is 29.5 Å². The molecular formula is C16H37N3. The molecule has 0 aliphatic carbocycles. The highest BCUT2D eigenvalue weighted by molar-refractivity contribution is 4.67. The van der Waals surface area contributed by atoms with Gasteiger partial charge in [-0.3, -0.25) is 0 Å². The van der Waals surface area contributed by atoms with Gasteiger partial charge in [0, 0.05) is 13.1 Å². The normalized spacial score (nSPS) is 21.5. The third-order valence-corrected chi connectivity index (χ3v) is 3.72. The minimum absolute atomic E-state index is 1.04. The van der Waals surface area contributed by atoms with Gasteiger partial charge in [0.2, 0.25) is 0 Å². The number of hydrogen-bond donors (Lipinski definition) is 2. The molecule has 0 radical (unpaired) electrons. The van der Waals surface area contributed by atoms with E-state index in [0.717, 1.165) is 12.5 Å². The Labute approximate surface area is 121 Å². The second-order valence-electron chi connectivity index (χ2n) is 5.39. The summed E-state index contributed by atoms with van der Waals surface area (Å²) >= 11 is 0. The molecule has 0 aromatic heterocycles. The average molecular weight is 271 g/mol. The molecule has 116 valence electrons. The summed E-state index contributed by atoms with van der Waals surface area (Å²) in [6, 6.07) is 0. The zero-order valence-corrected chi connectivity index (χ0v) is 13.8. The van der Waals surface area contributed by atoms with E-state index in [0.29, 0.717) is 0 Å². The molecule has 3 nitrogen and oxygen atoms in total. The molecule has 2 saturated heterocycles. The molecule has 2 aliphatic rings. The van der Waals surface area contributed by atoms with Gasteiger partial charge in [0.15, 0.2) is 0 Å². The Morgan fingerprint density at radius 2 is 1.58 bits per heavy atom. The third kappa shape index (κ3) is 11.4. The van der Waals surface area contributed by atoms with Gasteiger partial charge in [0.25, 0.3) is 0 Å². The number of rotatable bonds is 2. The van der Waals surface area contributed by atoms with E-state index in [-0.39, 0.29) is 0 Å². The minimum atomic E-state index is 1.04. The standard InChI is InChI=1S/C8H17N.C6H14N2.C2H6/c1-2-3-8-4-6-9-7-5-8;1-8-5-2-3-7-4-6-8;1-2/h8-9H,2-7H2,1H3;7H,2-6H2,1H3;1-2H3. The molecule has 0 saturated carbocycles. The maximum absolute atomic E-state index is 3.37. The van der Waals surface area contributed by atoms with E-state index in [9.17, 15) is 0 Å². The lowest BCUT2D eigenvalue weighted by Crippen LogP contribution is -2.27. The molecule has 0 aromatic rings. The van der Waals surface area contributed by atoms with E-state index in [1.165, 1.54) is 64.8 Å². The van der Waals surface area contributed by atoms with E-state index >= 15 is 0 Å². The maximum atomic E-state index is 3.37. The highest BCUT2D eigenvalue weighted by Gasteiger charge is 2.10. The van der Waals surface area contributed by atoms with Gasteiger partial charge in [-0.2, -0.15) is 0 Å². The van der Waals surface area contributed by atoms with Crippen molar-refractivity contribution in [2.45, 2.75) is 52.9 Å². The van der Waals surface area contributed by atoms with Gasteiger partial charge >= 0.3 is 0 Å². The summed E-state index contributed by atoms with van der Waals surface area (Å²) in [5.74, 6) is 1.04. The molecule has 0 amide bonds. The summed E-state index contributed by atoms with van der Waals surface area (Å²) in [4.78, 5) is 2.36. The second kappa shape index (κ2) is 14.3. The van der Waals surface area contributed by atoms with Gasteiger partial charge < -0.3 is 15.5 Å². The first kappa shape index (κ1) is 18.9. The van der Waals surface area contributed by atoms with Gasteiger partial charge in [0.1, 0.15) is 0 Å². The van der Waals surface area contributed by atoms with E-state index in [4.69, 9.17) is 0 Å². The largest absolute Gasteiger partial charge is 0.317 e. The van der Waals surface area contributed by atoms with Gasteiger partial charge in [-0.15, -0.1) is 0 Å². The van der Waals surface area contributed by atoms with Gasteiger partial charge in [-0.1, -0.05) is 33.6 Å². The smallest absolute Gasteiger partial charge is 0.0104 e. The van der Waals surface area contributed by atoms with Crippen LogP contribution in [0, 0.1) is 5.92 Å². The van der Waals surface area contributed by atoms with Crippen LogP contribution >= 0.6 is 0 Å². The molecule has 0 bridgehead atoms. The highest BCUT2D eigenvalue weighted by Crippen LogP contribution is 2.16.